The summed E-state index contributed by atoms with van der Waals surface area (Å²) in [6.07, 6.45) is 0.347. The number of hydrogen-bond acceptors (Lipinski definition) is 7. The summed E-state index contributed by atoms with van der Waals surface area (Å²) in [4.78, 5) is 49.4. The van der Waals surface area contributed by atoms with Gasteiger partial charge in [0.15, 0.2) is 5.76 Å². The Balaban J connectivity index is 0.000000220. The molecule has 212 valence electrons. The highest BCUT2D eigenvalue weighted by Crippen LogP contribution is 2.31. The van der Waals surface area contributed by atoms with Crippen LogP contribution in [-0.2, 0) is 14.2 Å². The number of benzene rings is 2. The first kappa shape index (κ1) is 30.8. The number of ketones is 4. The van der Waals surface area contributed by atoms with Gasteiger partial charge in [-0.2, -0.15) is 0 Å². The lowest BCUT2D eigenvalue weighted by molar-refractivity contribution is 0.0594. The zero-order valence-electron chi connectivity index (χ0n) is 23.9. The van der Waals surface area contributed by atoms with E-state index < -0.39 is 0 Å². The molecule has 0 bridgehead atoms. The van der Waals surface area contributed by atoms with Crippen molar-refractivity contribution in [2.45, 2.75) is 67.1 Å². The largest absolute Gasteiger partial charge is 0.488 e. The fraction of sp³-hybridized carbons (Fsp3) is 0.375. The third-order valence-corrected chi connectivity index (χ3v) is 6.21. The van der Waals surface area contributed by atoms with E-state index in [9.17, 15) is 19.2 Å². The van der Waals surface area contributed by atoms with Gasteiger partial charge in [0.05, 0.1) is 18.8 Å². The van der Waals surface area contributed by atoms with Crippen LogP contribution in [0.3, 0.4) is 0 Å². The van der Waals surface area contributed by atoms with Crippen molar-refractivity contribution in [2.24, 2.45) is 5.41 Å². The predicted octanol–water partition coefficient (Wildman–Crippen LogP) is 7.10. The minimum absolute atomic E-state index is 0.0115. The Kier molecular flexibility index (Phi) is 9.74. The second-order valence-electron chi connectivity index (χ2n) is 11.2. The maximum atomic E-state index is 12.5. The maximum Gasteiger partial charge on any atom is 0.232 e. The molecule has 7 nitrogen and oxygen atoms in total. The Labute approximate surface area is 240 Å². The number of fused-ring (bicyclic) bond motifs is 2. The van der Waals surface area contributed by atoms with E-state index in [0.29, 0.717) is 28.9 Å². The van der Waals surface area contributed by atoms with Crippen molar-refractivity contribution in [3.05, 3.63) is 93.1 Å². The molecule has 2 aliphatic rings. The topological polar surface area (TPSA) is 96.0 Å². The fourth-order valence-corrected chi connectivity index (χ4v) is 4.17. The summed E-state index contributed by atoms with van der Waals surface area (Å²) in [7, 11) is 0. The molecule has 0 fully saturated rings. The summed E-state index contributed by atoms with van der Waals surface area (Å²) in [6, 6.07) is 13.4. The molecule has 2 aliphatic carbocycles. The fourth-order valence-electron chi connectivity index (χ4n) is 3.93. The van der Waals surface area contributed by atoms with Gasteiger partial charge in [-0.3, -0.25) is 19.2 Å². The molecule has 0 saturated carbocycles. The lowest BCUT2D eigenvalue weighted by Gasteiger charge is -2.23. The van der Waals surface area contributed by atoms with E-state index in [1.165, 1.54) is 0 Å². The van der Waals surface area contributed by atoms with Crippen LogP contribution in [0.2, 0.25) is 0 Å². The summed E-state index contributed by atoms with van der Waals surface area (Å²) in [5.74, 6) is -1.28. The van der Waals surface area contributed by atoms with Gasteiger partial charge < -0.3 is 14.2 Å². The lowest BCUT2D eigenvalue weighted by Crippen LogP contribution is -2.27. The molecular formula is C32H35ClO7. The van der Waals surface area contributed by atoms with Crippen LogP contribution in [0.4, 0.5) is 0 Å². The highest BCUT2D eigenvalue weighted by molar-refractivity contribution is 6.49. The van der Waals surface area contributed by atoms with Crippen molar-refractivity contribution >= 4 is 34.7 Å². The smallest absolute Gasteiger partial charge is 0.232 e. The van der Waals surface area contributed by atoms with Crippen LogP contribution in [0, 0.1) is 5.41 Å². The van der Waals surface area contributed by atoms with E-state index in [-0.39, 0.29) is 63.1 Å². The van der Waals surface area contributed by atoms with Crippen LogP contribution in [-0.4, -0.2) is 41.9 Å². The van der Waals surface area contributed by atoms with Crippen LogP contribution in [0.5, 0.6) is 0 Å². The molecule has 8 heteroatoms. The molecule has 0 unspecified atom stereocenters. The van der Waals surface area contributed by atoms with E-state index in [1.54, 1.807) is 76.2 Å². The normalized spacial score (nSPS) is 15.2. The molecular weight excluding hydrogens is 532 g/mol. The molecule has 0 amide bonds. The molecule has 4 rings (SSSR count). The van der Waals surface area contributed by atoms with E-state index in [0.717, 1.165) is 6.42 Å². The maximum absolute atomic E-state index is 12.5. The first-order chi connectivity index (χ1) is 18.7. The second-order valence-corrected chi connectivity index (χ2v) is 11.6. The number of hydrogen-bond donors (Lipinski definition) is 0. The average Bonchev–Trinajstić information content (AvgIpc) is 2.89. The van der Waals surface area contributed by atoms with Crippen molar-refractivity contribution in [3.63, 3.8) is 0 Å². The molecule has 0 atom stereocenters. The SMILES string of the molecule is CC(C)(C)CCOC1=C(Cl)C(=O)c2ccccc2C1=O.CC(C)OC1=C(OC(C)C)C(=O)c2ccccc2C1=O. The van der Waals surface area contributed by atoms with E-state index >= 15 is 0 Å². The van der Waals surface area contributed by atoms with Crippen LogP contribution in [0.25, 0.3) is 0 Å². The number of ether oxygens (including phenoxy) is 3. The molecule has 2 aromatic rings. The summed E-state index contributed by atoms with van der Waals surface area (Å²) in [5, 5.41) is -0.123. The number of carbonyl (C=O) groups excluding carboxylic acids is 4. The van der Waals surface area contributed by atoms with Gasteiger partial charge in [0.25, 0.3) is 0 Å². The minimum atomic E-state index is -0.354. The Morgan fingerprint density at radius 1 is 0.625 bits per heavy atom. The van der Waals surface area contributed by atoms with Crippen LogP contribution in [0.1, 0.15) is 96.3 Å². The Morgan fingerprint density at radius 2 is 0.975 bits per heavy atom. The third-order valence-electron chi connectivity index (χ3n) is 5.86. The van der Waals surface area contributed by atoms with Gasteiger partial charge in [0.1, 0.15) is 5.03 Å². The lowest BCUT2D eigenvalue weighted by atomic mass is 9.92. The first-order valence-corrected chi connectivity index (χ1v) is 13.6. The zero-order valence-corrected chi connectivity index (χ0v) is 24.7. The summed E-state index contributed by atoms with van der Waals surface area (Å²) in [6.45, 7) is 13.8. The van der Waals surface area contributed by atoms with Crippen molar-refractivity contribution in [2.75, 3.05) is 6.61 Å². The van der Waals surface area contributed by atoms with Crippen molar-refractivity contribution in [1.82, 2.24) is 0 Å². The van der Waals surface area contributed by atoms with Gasteiger partial charge in [-0.25, -0.2) is 0 Å². The van der Waals surface area contributed by atoms with Gasteiger partial charge in [-0.15, -0.1) is 0 Å². The highest BCUT2D eigenvalue weighted by Gasteiger charge is 2.36. The van der Waals surface area contributed by atoms with Crippen LogP contribution in [0.15, 0.2) is 70.8 Å². The predicted molar refractivity (Wildman–Crippen MR) is 153 cm³/mol. The van der Waals surface area contributed by atoms with Gasteiger partial charge in [0.2, 0.25) is 34.7 Å². The van der Waals surface area contributed by atoms with Gasteiger partial charge >= 0.3 is 0 Å². The summed E-state index contributed by atoms with van der Waals surface area (Å²) in [5.41, 5.74) is 1.51. The molecule has 0 aliphatic heterocycles. The van der Waals surface area contributed by atoms with E-state index in [4.69, 9.17) is 25.8 Å². The number of carbonyl (C=O) groups is 4. The average molecular weight is 567 g/mol. The Bertz CT molecular complexity index is 1340. The van der Waals surface area contributed by atoms with Crippen LogP contribution >= 0.6 is 11.6 Å². The van der Waals surface area contributed by atoms with Crippen molar-refractivity contribution in [1.29, 1.82) is 0 Å². The van der Waals surface area contributed by atoms with Gasteiger partial charge in [-0.1, -0.05) is 80.9 Å². The molecule has 0 saturated heterocycles. The monoisotopic (exact) mass is 566 g/mol. The molecule has 0 N–H and O–H groups in total. The Hall–Kier alpha value is -3.71. The molecule has 40 heavy (non-hydrogen) atoms. The first-order valence-electron chi connectivity index (χ1n) is 13.2. The molecule has 0 heterocycles. The molecule has 0 aromatic heterocycles. The van der Waals surface area contributed by atoms with Crippen LogP contribution < -0.4 is 0 Å². The second kappa shape index (κ2) is 12.6. The van der Waals surface area contributed by atoms with Gasteiger partial charge in [0, 0.05) is 22.3 Å². The minimum Gasteiger partial charge on any atom is -0.488 e. The molecule has 0 radical (unpaired) electrons. The van der Waals surface area contributed by atoms with Gasteiger partial charge in [-0.05, 0) is 39.5 Å². The number of Topliss-reactive ketones (excluding diaryl/α,β-unsaturated/α-hetero) is 4. The number of allylic oxidation sites excluding steroid dienone is 4. The van der Waals surface area contributed by atoms with E-state index in [2.05, 4.69) is 20.8 Å². The number of rotatable bonds is 7. The summed E-state index contributed by atoms with van der Waals surface area (Å²) >= 11 is 5.99. The molecule has 0 spiro atoms. The highest BCUT2D eigenvalue weighted by atomic mass is 35.5. The van der Waals surface area contributed by atoms with Crippen molar-refractivity contribution in [3.8, 4) is 0 Å². The van der Waals surface area contributed by atoms with E-state index in [1.807, 2.05) is 0 Å². The third kappa shape index (κ3) is 7.07. The number of halogens is 1. The van der Waals surface area contributed by atoms with Crippen molar-refractivity contribution < 1.29 is 33.4 Å². The Morgan fingerprint density at radius 3 is 1.32 bits per heavy atom. The summed E-state index contributed by atoms with van der Waals surface area (Å²) < 4.78 is 16.5. The quantitative estimate of drug-likeness (QED) is 0.353. The standard InChI is InChI=1S/C16H17ClO3.C16H18O4/c1-16(2,3)8-9-20-15-12(17)13(18)10-6-4-5-7-11(10)14(15)19;1-9(2)19-15-13(17)11-7-5-6-8-12(11)14(18)16(15)20-10(3)4/h4-7H,8-9H2,1-3H3;5-10H,1-4H3. The zero-order chi connectivity index (χ0) is 29.8. The molecule has 2 aromatic carbocycles.